The number of hydrogen-bond donors (Lipinski definition) is 1. The first-order valence-electron chi connectivity index (χ1n) is 9.57. The Kier molecular flexibility index (Phi) is 4.85. The first kappa shape index (κ1) is 19.8. The van der Waals surface area contributed by atoms with Gasteiger partial charge >= 0.3 is 5.97 Å². The van der Waals surface area contributed by atoms with Gasteiger partial charge in [-0.15, -0.1) is 0 Å². The molecule has 1 atom stereocenters. The first-order valence-corrected chi connectivity index (χ1v) is 9.57. The minimum atomic E-state index is -2.32. The summed E-state index contributed by atoms with van der Waals surface area (Å²) in [6.45, 7) is 5.20. The van der Waals surface area contributed by atoms with Crippen LogP contribution in [-0.4, -0.2) is 36.7 Å². The summed E-state index contributed by atoms with van der Waals surface area (Å²) in [7, 11) is 0. The van der Waals surface area contributed by atoms with Gasteiger partial charge in [-0.05, 0) is 44.5 Å². The predicted octanol–water partition coefficient (Wildman–Crippen LogP) is 4.69. The molecule has 0 aliphatic heterocycles. The van der Waals surface area contributed by atoms with Crippen molar-refractivity contribution in [2.75, 3.05) is 0 Å². The smallest absolute Gasteiger partial charge is 0.341 e. The summed E-state index contributed by atoms with van der Waals surface area (Å²) in [5.74, 6) is -0.698. The SMILES string of the molecule is CC(C)n1ncc2cc(-c3nc(-c4ccc(CC(C)(F)C(=O)O)cc4)no3)ccc21. The maximum absolute atomic E-state index is 14.0. The van der Waals surface area contributed by atoms with Crippen molar-refractivity contribution in [1.29, 1.82) is 0 Å². The topological polar surface area (TPSA) is 94.0 Å². The van der Waals surface area contributed by atoms with Crippen LogP contribution in [-0.2, 0) is 11.2 Å². The summed E-state index contributed by atoms with van der Waals surface area (Å²) in [6, 6.07) is 12.9. The van der Waals surface area contributed by atoms with Crippen LogP contribution in [0.4, 0.5) is 4.39 Å². The van der Waals surface area contributed by atoms with Crippen molar-refractivity contribution in [3.05, 3.63) is 54.2 Å². The zero-order chi connectivity index (χ0) is 21.5. The molecule has 30 heavy (non-hydrogen) atoms. The third kappa shape index (κ3) is 3.68. The van der Waals surface area contributed by atoms with Crippen LogP contribution >= 0.6 is 0 Å². The van der Waals surface area contributed by atoms with E-state index in [2.05, 4.69) is 29.1 Å². The number of fused-ring (bicyclic) bond motifs is 1. The molecule has 7 nitrogen and oxygen atoms in total. The van der Waals surface area contributed by atoms with Gasteiger partial charge in [-0.3, -0.25) is 4.68 Å². The zero-order valence-electron chi connectivity index (χ0n) is 16.8. The summed E-state index contributed by atoms with van der Waals surface area (Å²) >= 11 is 0. The number of carboxylic acid groups (broad SMARTS) is 1. The number of aliphatic carboxylic acids is 1. The molecule has 0 aliphatic carbocycles. The van der Waals surface area contributed by atoms with Gasteiger partial charge in [-0.25, -0.2) is 9.18 Å². The number of rotatable bonds is 6. The molecule has 4 aromatic rings. The molecule has 1 N–H and O–H groups in total. The molecule has 154 valence electrons. The molecule has 0 bridgehead atoms. The van der Waals surface area contributed by atoms with Crippen LogP contribution in [0, 0.1) is 0 Å². The second-order valence-corrected chi connectivity index (χ2v) is 7.76. The summed E-state index contributed by atoms with van der Waals surface area (Å²) in [5, 5.41) is 18.4. The van der Waals surface area contributed by atoms with Crippen LogP contribution in [0.1, 0.15) is 32.4 Å². The van der Waals surface area contributed by atoms with E-state index in [1.54, 1.807) is 24.3 Å². The van der Waals surface area contributed by atoms with Crippen molar-refractivity contribution >= 4 is 16.9 Å². The van der Waals surface area contributed by atoms with Crippen molar-refractivity contribution in [3.63, 3.8) is 0 Å². The maximum Gasteiger partial charge on any atom is 0.341 e. The van der Waals surface area contributed by atoms with E-state index >= 15 is 0 Å². The summed E-state index contributed by atoms with van der Waals surface area (Å²) in [6.07, 6.45) is 1.59. The molecule has 2 heterocycles. The lowest BCUT2D eigenvalue weighted by molar-refractivity contribution is -0.149. The molecule has 1 unspecified atom stereocenters. The Morgan fingerprint density at radius 1 is 1.20 bits per heavy atom. The van der Waals surface area contributed by atoms with Gasteiger partial charge in [0.2, 0.25) is 11.5 Å². The normalized spacial score (nSPS) is 13.6. The highest BCUT2D eigenvalue weighted by molar-refractivity contribution is 5.83. The maximum atomic E-state index is 14.0. The molecule has 0 saturated heterocycles. The van der Waals surface area contributed by atoms with E-state index in [0.29, 0.717) is 22.8 Å². The summed E-state index contributed by atoms with van der Waals surface area (Å²) < 4.78 is 21.4. The molecule has 0 saturated carbocycles. The molecule has 2 aromatic carbocycles. The first-order chi connectivity index (χ1) is 14.2. The Morgan fingerprint density at radius 2 is 1.90 bits per heavy atom. The molecule has 0 amide bonds. The molecule has 8 heteroatoms. The predicted molar refractivity (Wildman–Crippen MR) is 110 cm³/mol. The Hall–Kier alpha value is -3.55. The second kappa shape index (κ2) is 7.37. The van der Waals surface area contributed by atoms with Crippen molar-refractivity contribution in [2.45, 2.75) is 38.9 Å². The fourth-order valence-electron chi connectivity index (χ4n) is 3.29. The number of hydrogen-bond acceptors (Lipinski definition) is 5. The molecule has 0 radical (unpaired) electrons. The van der Waals surface area contributed by atoms with Gasteiger partial charge in [-0.2, -0.15) is 10.1 Å². The van der Waals surface area contributed by atoms with Crippen LogP contribution < -0.4 is 0 Å². The van der Waals surface area contributed by atoms with Crippen LogP contribution in [0.25, 0.3) is 33.7 Å². The van der Waals surface area contributed by atoms with Crippen LogP contribution in [0.5, 0.6) is 0 Å². The Labute approximate surface area is 172 Å². The van der Waals surface area contributed by atoms with E-state index < -0.39 is 11.6 Å². The third-order valence-electron chi connectivity index (χ3n) is 4.95. The molecular formula is C22H21FN4O3. The van der Waals surface area contributed by atoms with Gasteiger partial charge in [0.15, 0.2) is 0 Å². The standard InChI is InChI=1S/C22H21FN4O3/c1-13(2)27-18-9-8-16(10-17(18)12-24-27)20-25-19(26-30-20)15-6-4-14(5-7-15)11-22(3,23)21(28)29/h4-10,12-13H,11H2,1-3H3,(H,28,29). The highest BCUT2D eigenvalue weighted by Gasteiger charge is 2.32. The van der Waals surface area contributed by atoms with E-state index in [0.717, 1.165) is 23.4 Å². The van der Waals surface area contributed by atoms with E-state index in [4.69, 9.17) is 9.63 Å². The molecule has 0 fully saturated rings. The molecule has 2 aromatic heterocycles. The van der Waals surface area contributed by atoms with Gasteiger partial charge in [0.05, 0.1) is 11.7 Å². The Balaban J connectivity index is 1.57. The largest absolute Gasteiger partial charge is 0.479 e. The second-order valence-electron chi connectivity index (χ2n) is 7.76. The van der Waals surface area contributed by atoms with Gasteiger partial charge in [0.25, 0.3) is 5.89 Å². The number of aromatic nitrogens is 4. The monoisotopic (exact) mass is 408 g/mol. The fourth-order valence-corrected chi connectivity index (χ4v) is 3.29. The lowest BCUT2D eigenvalue weighted by atomic mass is 9.97. The number of carbonyl (C=O) groups is 1. The molecule has 4 rings (SSSR count). The number of benzene rings is 2. The van der Waals surface area contributed by atoms with Crippen molar-refractivity contribution < 1.29 is 18.8 Å². The Morgan fingerprint density at radius 3 is 2.57 bits per heavy atom. The van der Waals surface area contributed by atoms with E-state index in [-0.39, 0.29) is 12.5 Å². The molecular weight excluding hydrogens is 387 g/mol. The van der Waals surface area contributed by atoms with Crippen LogP contribution in [0.2, 0.25) is 0 Å². The third-order valence-corrected chi connectivity index (χ3v) is 4.95. The fraction of sp³-hybridized carbons (Fsp3) is 0.273. The number of carboxylic acids is 1. The summed E-state index contributed by atoms with van der Waals surface area (Å²) in [5.41, 5.74) is 0.769. The quantitative estimate of drug-likeness (QED) is 0.497. The van der Waals surface area contributed by atoms with Crippen molar-refractivity contribution in [3.8, 4) is 22.8 Å². The van der Waals surface area contributed by atoms with Gasteiger partial charge in [-0.1, -0.05) is 29.4 Å². The highest BCUT2D eigenvalue weighted by atomic mass is 19.1. The molecule has 0 aliphatic rings. The number of halogens is 1. The number of nitrogens with zero attached hydrogens (tertiary/aromatic N) is 4. The lowest BCUT2D eigenvalue weighted by Crippen LogP contribution is -2.32. The van der Waals surface area contributed by atoms with E-state index in [9.17, 15) is 9.18 Å². The van der Waals surface area contributed by atoms with Crippen LogP contribution in [0.3, 0.4) is 0 Å². The molecule has 0 spiro atoms. The van der Waals surface area contributed by atoms with E-state index in [1.165, 1.54) is 0 Å². The van der Waals surface area contributed by atoms with Crippen molar-refractivity contribution in [2.24, 2.45) is 0 Å². The van der Waals surface area contributed by atoms with Crippen LogP contribution in [0.15, 0.2) is 53.2 Å². The minimum Gasteiger partial charge on any atom is -0.479 e. The minimum absolute atomic E-state index is 0.218. The number of alkyl halides is 1. The van der Waals surface area contributed by atoms with E-state index in [1.807, 2.05) is 29.1 Å². The van der Waals surface area contributed by atoms with Crippen molar-refractivity contribution in [1.82, 2.24) is 19.9 Å². The van der Waals surface area contributed by atoms with Gasteiger partial charge < -0.3 is 9.63 Å². The zero-order valence-corrected chi connectivity index (χ0v) is 16.8. The highest BCUT2D eigenvalue weighted by Crippen LogP contribution is 2.27. The lowest BCUT2D eigenvalue weighted by Gasteiger charge is -2.14. The summed E-state index contributed by atoms with van der Waals surface area (Å²) in [4.78, 5) is 15.4. The average Bonchev–Trinajstić information content (AvgIpc) is 3.35. The Bertz CT molecular complexity index is 1210. The van der Waals surface area contributed by atoms with Gasteiger partial charge in [0.1, 0.15) is 0 Å². The van der Waals surface area contributed by atoms with Gasteiger partial charge in [0, 0.05) is 29.0 Å². The average molecular weight is 408 g/mol.